The molecule has 0 aromatic rings. The van der Waals surface area contributed by atoms with Crippen molar-refractivity contribution in [3.8, 4) is 0 Å². The van der Waals surface area contributed by atoms with Gasteiger partial charge in [0.25, 0.3) is 0 Å². The molecule has 1 saturated heterocycles. The predicted molar refractivity (Wildman–Crippen MR) is 65.6 cm³/mol. The summed E-state index contributed by atoms with van der Waals surface area (Å²) in [6, 6.07) is 1.24. The van der Waals surface area contributed by atoms with Gasteiger partial charge in [0.15, 0.2) is 0 Å². The average molecular weight is 230 g/mol. The van der Waals surface area contributed by atoms with Crippen LogP contribution < -0.4 is 5.32 Å². The molecule has 1 heterocycles. The zero-order chi connectivity index (χ0) is 12.0. The summed E-state index contributed by atoms with van der Waals surface area (Å²) in [5.74, 6) is 0. The second-order valence-corrected chi connectivity index (χ2v) is 4.93. The number of nitrogens with zero attached hydrogens (tertiary/aromatic N) is 1. The van der Waals surface area contributed by atoms with Crippen LogP contribution in [-0.2, 0) is 4.74 Å². The smallest absolute Gasteiger partial charge is 0.0785 e. The standard InChI is InChI=1S/C12H26N2O2/c1-10(2)14-7-5-11(8-14)13-6-4-12(15)9-16-3/h10-13,15H,4-9H2,1-3H3. The second-order valence-electron chi connectivity index (χ2n) is 4.93. The Morgan fingerprint density at radius 3 is 2.81 bits per heavy atom. The van der Waals surface area contributed by atoms with E-state index in [0.717, 1.165) is 19.5 Å². The van der Waals surface area contributed by atoms with E-state index in [1.807, 2.05) is 0 Å². The molecule has 4 heteroatoms. The monoisotopic (exact) mass is 230 g/mol. The molecule has 16 heavy (non-hydrogen) atoms. The highest BCUT2D eigenvalue weighted by Crippen LogP contribution is 2.12. The van der Waals surface area contributed by atoms with Crippen LogP contribution in [-0.4, -0.2) is 61.5 Å². The molecule has 4 nitrogen and oxygen atoms in total. The molecule has 96 valence electrons. The number of hydrogen-bond donors (Lipinski definition) is 2. The Morgan fingerprint density at radius 1 is 1.50 bits per heavy atom. The van der Waals surface area contributed by atoms with Gasteiger partial charge >= 0.3 is 0 Å². The van der Waals surface area contributed by atoms with Gasteiger partial charge in [-0.15, -0.1) is 0 Å². The van der Waals surface area contributed by atoms with Crippen LogP contribution in [0.2, 0.25) is 0 Å². The van der Waals surface area contributed by atoms with Crippen molar-refractivity contribution in [2.45, 2.75) is 44.9 Å². The second kappa shape index (κ2) is 7.22. The number of methoxy groups -OCH3 is 1. The van der Waals surface area contributed by atoms with Gasteiger partial charge in [0.05, 0.1) is 12.7 Å². The number of rotatable bonds is 7. The molecule has 1 aliphatic rings. The zero-order valence-electron chi connectivity index (χ0n) is 10.8. The topological polar surface area (TPSA) is 44.7 Å². The highest BCUT2D eigenvalue weighted by molar-refractivity contribution is 4.82. The van der Waals surface area contributed by atoms with Gasteiger partial charge < -0.3 is 15.2 Å². The molecule has 0 aliphatic carbocycles. The highest BCUT2D eigenvalue weighted by Gasteiger charge is 2.23. The minimum Gasteiger partial charge on any atom is -0.391 e. The first-order valence-electron chi connectivity index (χ1n) is 6.28. The summed E-state index contributed by atoms with van der Waals surface area (Å²) in [5.41, 5.74) is 0. The van der Waals surface area contributed by atoms with Gasteiger partial charge in [-0.3, -0.25) is 4.90 Å². The van der Waals surface area contributed by atoms with Crippen molar-refractivity contribution in [1.29, 1.82) is 0 Å². The van der Waals surface area contributed by atoms with Gasteiger partial charge in [0, 0.05) is 25.7 Å². The van der Waals surface area contributed by atoms with Crippen molar-refractivity contribution >= 4 is 0 Å². The summed E-state index contributed by atoms with van der Waals surface area (Å²) in [7, 11) is 1.62. The maximum absolute atomic E-state index is 9.49. The molecule has 1 fully saturated rings. The molecule has 0 bridgehead atoms. The van der Waals surface area contributed by atoms with Crippen LogP contribution in [0.15, 0.2) is 0 Å². The van der Waals surface area contributed by atoms with E-state index >= 15 is 0 Å². The van der Waals surface area contributed by atoms with Gasteiger partial charge in [-0.1, -0.05) is 0 Å². The fourth-order valence-corrected chi connectivity index (χ4v) is 2.15. The first kappa shape index (κ1) is 13.9. The van der Waals surface area contributed by atoms with Crippen molar-refractivity contribution in [2.75, 3.05) is 33.4 Å². The number of likely N-dealkylation sites (tertiary alicyclic amines) is 1. The minimum atomic E-state index is -0.333. The molecular formula is C12H26N2O2. The number of aliphatic hydroxyl groups excluding tert-OH is 1. The maximum atomic E-state index is 9.49. The van der Waals surface area contributed by atoms with Crippen LogP contribution in [0.5, 0.6) is 0 Å². The van der Waals surface area contributed by atoms with Crippen LogP contribution in [0.1, 0.15) is 26.7 Å². The summed E-state index contributed by atoms with van der Waals surface area (Å²) in [4.78, 5) is 2.49. The Kier molecular flexibility index (Phi) is 6.28. The number of aliphatic hydroxyl groups is 1. The van der Waals surface area contributed by atoms with E-state index in [1.165, 1.54) is 13.0 Å². The molecule has 1 aliphatic heterocycles. The van der Waals surface area contributed by atoms with E-state index in [-0.39, 0.29) is 6.10 Å². The number of hydrogen-bond acceptors (Lipinski definition) is 4. The molecule has 0 aromatic carbocycles. The largest absolute Gasteiger partial charge is 0.391 e. The third-order valence-corrected chi connectivity index (χ3v) is 3.22. The lowest BCUT2D eigenvalue weighted by Crippen LogP contribution is -2.36. The van der Waals surface area contributed by atoms with Gasteiger partial charge in [0.1, 0.15) is 0 Å². The summed E-state index contributed by atoms with van der Waals surface area (Å²) >= 11 is 0. The van der Waals surface area contributed by atoms with Crippen molar-refractivity contribution in [1.82, 2.24) is 10.2 Å². The van der Waals surface area contributed by atoms with Crippen LogP contribution in [0, 0.1) is 0 Å². The van der Waals surface area contributed by atoms with Crippen molar-refractivity contribution in [3.63, 3.8) is 0 Å². The summed E-state index contributed by atoms with van der Waals surface area (Å²) < 4.78 is 4.89. The molecule has 2 N–H and O–H groups in total. The molecule has 0 radical (unpaired) electrons. The fourth-order valence-electron chi connectivity index (χ4n) is 2.15. The Hall–Kier alpha value is -0.160. The number of nitrogens with one attached hydrogen (secondary N) is 1. The summed E-state index contributed by atoms with van der Waals surface area (Å²) in [6.45, 7) is 8.12. The molecule has 0 saturated carbocycles. The lowest BCUT2D eigenvalue weighted by atomic mass is 10.2. The molecule has 0 aromatic heterocycles. The molecule has 0 amide bonds. The Morgan fingerprint density at radius 2 is 2.25 bits per heavy atom. The molecular weight excluding hydrogens is 204 g/mol. The molecule has 0 spiro atoms. The normalized spacial score (nSPS) is 24.2. The third kappa shape index (κ3) is 4.78. The van der Waals surface area contributed by atoms with E-state index in [4.69, 9.17) is 4.74 Å². The van der Waals surface area contributed by atoms with E-state index in [0.29, 0.717) is 18.7 Å². The van der Waals surface area contributed by atoms with Gasteiger partial charge in [-0.2, -0.15) is 0 Å². The van der Waals surface area contributed by atoms with Crippen LogP contribution >= 0.6 is 0 Å². The van der Waals surface area contributed by atoms with E-state index in [9.17, 15) is 5.11 Å². The molecule has 2 unspecified atom stereocenters. The van der Waals surface area contributed by atoms with Crippen molar-refractivity contribution < 1.29 is 9.84 Å². The van der Waals surface area contributed by atoms with Gasteiger partial charge in [-0.25, -0.2) is 0 Å². The fraction of sp³-hybridized carbons (Fsp3) is 1.00. The highest BCUT2D eigenvalue weighted by atomic mass is 16.5. The van der Waals surface area contributed by atoms with Gasteiger partial charge in [0.2, 0.25) is 0 Å². The zero-order valence-corrected chi connectivity index (χ0v) is 10.8. The molecule has 1 rings (SSSR count). The predicted octanol–water partition coefficient (Wildman–Crippen LogP) is 0.456. The Labute approximate surface area is 99.0 Å². The first-order valence-corrected chi connectivity index (χ1v) is 6.28. The Bertz CT molecular complexity index is 188. The van der Waals surface area contributed by atoms with Crippen LogP contribution in [0.3, 0.4) is 0 Å². The maximum Gasteiger partial charge on any atom is 0.0785 e. The van der Waals surface area contributed by atoms with Crippen molar-refractivity contribution in [3.05, 3.63) is 0 Å². The first-order chi connectivity index (χ1) is 7.63. The average Bonchev–Trinajstić information content (AvgIpc) is 2.67. The van der Waals surface area contributed by atoms with Gasteiger partial charge in [-0.05, 0) is 39.8 Å². The van der Waals surface area contributed by atoms with E-state index < -0.39 is 0 Å². The lowest BCUT2D eigenvalue weighted by molar-refractivity contribution is 0.0590. The van der Waals surface area contributed by atoms with E-state index in [2.05, 4.69) is 24.1 Å². The minimum absolute atomic E-state index is 0.333. The molecule has 2 atom stereocenters. The quantitative estimate of drug-likeness (QED) is 0.667. The summed E-state index contributed by atoms with van der Waals surface area (Å²) in [5, 5.41) is 13.0. The van der Waals surface area contributed by atoms with Crippen LogP contribution in [0.25, 0.3) is 0 Å². The Balaban J connectivity index is 2.06. The number of ether oxygens (including phenoxy) is 1. The van der Waals surface area contributed by atoms with E-state index in [1.54, 1.807) is 7.11 Å². The van der Waals surface area contributed by atoms with Crippen LogP contribution in [0.4, 0.5) is 0 Å². The summed E-state index contributed by atoms with van der Waals surface area (Å²) in [6.07, 6.45) is 1.66. The lowest BCUT2D eigenvalue weighted by Gasteiger charge is -2.20. The third-order valence-electron chi connectivity index (χ3n) is 3.22. The van der Waals surface area contributed by atoms with Crippen molar-refractivity contribution in [2.24, 2.45) is 0 Å². The SMILES string of the molecule is COCC(O)CCNC1CCN(C(C)C)C1.